The zero-order valence-corrected chi connectivity index (χ0v) is 16.1. The number of rotatable bonds is 3. The van der Waals surface area contributed by atoms with Crippen LogP contribution >= 0.6 is 0 Å². The van der Waals surface area contributed by atoms with Crippen molar-refractivity contribution in [2.75, 3.05) is 0 Å². The average molecular weight is 388 g/mol. The predicted octanol–water partition coefficient (Wildman–Crippen LogP) is 7.72. The number of hydrogen-bond donors (Lipinski definition) is 0. The highest BCUT2D eigenvalue weighted by Crippen LogP contribution is 2.33. The first-order chi connectivity index (χ1) is 13.9. The van der Waals surface area contributed by atoms with Gasteiger partial charge in [0.2, 0.25) is 0 Å². The van der Waals surface area contributed by atoms with Gasteiger partial charge >= 0.3 is 0 Å². The highest BCUT2D eigenvalue weighted by atomic mass is 19.2. The Kier molecular flexibility index (Phi) is 4.98. The highest BCUT2D eigenvalue weighted by Gasteiger charge is 2.17. The van der Waals surface area contributed by atoms with Gasteiger partial charge in [0.15, 0.2) is 11.6 Å². The molecule has 0 spiro atoms. The average Bonchev–Trinajstić information content (AvgIpc) is 2.72. The summed E-state index contributed by atoms with van der Waals surface area (Å²) in [5, 5.41) is 0. The summed E-state index contributed by atoms with van der Waals surface area (Å²) in [7, 11) is 0. The van der Waals surface area contributed by atoms with Gasteiger partial charge in [0.05, 0.1) is 0 Å². The molecule has 0 aliphatic carbocycles. The topological polar surface area (TPSA) is 0 Å². The van der Waals surface area contributed by atoms with Crippen molar-refractivity contribution in [1.82, 2.24) is 0 Å². The second-order valence-corrected chi connectivity index (χ2v) is 7.22. The first-order valence-electron chi connectivity index (χ1n) is 9.36. The summed E-state index contributed by atoms with van der Waals surface area (Å²) in [4.78, 5) is 0. The summed E-state index contributed by atoms with van der Waals surface area (Å²) in [6.45, 7) is 3.89. The van der Waals surface area contributed by atoms with E-state index in [4.69, 9.17) is 0 Å². The first kappa shape index (κ1) is 19.0. The van der Waals surface area contributed by atoms with E-state index in [1.54, 1.807) is 24.3 Å². The van der Waals surface area contributed by atoms with Gasteiger partial charge in [-0.05, 0) is 36.6 Å². The summed E-state index contributed by atoms with van der Waals surface area (Å²) in [5.41, 5.74) is 4.39. The fraction of sp³-hybridized carbons (Fsp3) is 0.0769. The number of halogens is 3. The molecule has 0 aromatic heterocycles. The monoisotopic (exact) mass is 388 g/mol. The van der Waals surface area contributed by atoms with Crippen LogP contribution in [0.2, 0.25) is 0 Å². The second-order valence-electron chi connectivity index (χ2n) is 7.22. The first-order valence-corrected chi connectivity index (χ1v) is 9.36. The molecule has 3 heteroatoms. The molecule has 0 amide bonds. The molecule has 0 aliphatic heterocycles. The molecular formula is C26H19F3. The van der Waals surface area contributed by atoms with Gasteiger partial charge in [-0.25, -0.2) is 13.2 Å². The summed E-state index contributed by atoms with van der Waals surface area (Å²) < 4.78 is 44.3. The minimum atomic E-state index is -0.981. The molecule has 0 N–H and O–H groups in total. The van der Waals surface area contributed by atoms with Crippen molar-refractivity contribution in [2.45, 2.75) is 13.8 Å². The lowest BCUT2D eigenvalue weighted by atomic mass is 9.96. The largest absolute Gasteiger partial charge is 0.206 e. The van der Waals surface area contributed by atoms with E-state index in [0.717, 1.165) is 16.7 Å². The van der Waals surface area contributed by atoms with Crippen LogP contribution in [-0.4, -0.2) is 0 Å². The predicted molar refractivity (Wildman–Crippen MR) is 112 cm³/mol. The molecule has 0 fully saturated rings. The van der Waals surface area contributed by atoms with Gasteiger partial charge in [-0.3, -0.25) is 0 Å². The molecule has 0 saturated heterocycles. The third-order valence-corrected chi connectivity index (χ3v) is 5.09. The van der Waals surface area contributed by atoms with Gasteiger partial charge in [0, 0.05) is 16.7 Å². The molecule has 0 aliphatic rings. The summed E-state index contributed by atoms with van der Waals surface area (Å²) in [6, 6.07) is 22.2. The summed E-state index contributed by atoms with van der Waals surface area (Å²) in [6.07, 6.45) is 0. The lowest BCUT2D eigenvalue weighted by Gasteiger charge is -2.11. The molecule has 0 unspecified atom stereocenters. The van der Waals surface area contributed by atoms with Crippen LogP contribution in [0.1, 0.15) is 11.1 Å². The molecule has 0 radical (unpaired) electrons. The SMILES string of the molecule is Cc1ccc(-c2ccc(-c3ccc(-c4ccc(C)cc4)c(F)c3F)cc2F)cc1. The molecule has 4 rings (SSSR count). The number of benzene rings is 4. The van der Waals surface area contributed by atoms with E-state index in [0.29, 0.717) is 16.7 Å². The van der Waals surface area contributed by atoms with Crippen molar-refractivity contribution in [3.05, 3.63) is 107 Å². The van der Waals surface area contributed by atoms with Gasteiger partial charge < -0.3 is 0 Å². The highest BCUT2D eigenvalue weighted by molar-refractivity contribution is 5.74. The third-order valence-electron chi connectivity index (χ3n) is 5.09. The second kappa shape index (κ2) is 7.59. The van der Waals surface area contributed by atoms with Crippen LogP contribution in [0, 0.1) is 31.3 Å². The maximum atomic E-state index is 14.8. The summed E-state index contributed by atoms with van der Waals surface area (Å²) in [5.74, 6) is -2.39. The standard InChI is InChI=1S/C26H19F3/c1-16-3-7-18(8-4-16)21-12-11-20(15-24(21)27)23-14-13-22(25(28)26(23)29)19-9-5-17(2)6-10-19/h3-15H,1-2H3. The van der Waals surface area contributed by atoms with E-state index in [-0.39, 0.29) is 11.1 Å². The van der Waals surface area contributed by atoms with Crippen LogP contribution in [-0.2, 0) is 0 Å². The fourth-order valence-corrected chi connectivity index (χ4v) is 3.38. The molecule has 144 valence electrons. The van der Waals surface area contributed by atoms with E-state index >= 15 is 0 Å². The van der Waals surface area contributed by atoms with Gasteiger partial charge in [-0.1, -0.05) is 83.9 Å². The molecule has 4 aromatic carbocycles. The lowest BCUT2D eigenvalue weighted by molar-refractivity contribution is 0.513. The van der Waals surface area contributed by atoms with Crippen LogP contribution in [0.4, 0.5) is 13.2 Å². The van der Waals surface area contributed by atoms with Crippen molar-refractivity contribution >= 4 is 0 Å². The molecule has 4 aromatic rings. The molecular weight excluding hydrogens is 369 g/mol. The molecule has 0 atom stereocenters. The van der Waals surface area contributed by atoms with E-state index in [9.17, 15) is 13.2 Å². The Morgan fingerprint density at radius 2 is 0.828 bits per heavy atom. The normalized spacial score (nSPS) is 10.9. The lowest BCUT2D eigenvalue weighted by Crippen LogP contribution is -1.95. The number of hydrogen-bond acceptors (Lipinski definition) is 0. The maximum Gasteiger partial charge on any atom is 0.167 e. The Labute approximate surface area is 168 Å². The van der Waals surface area contributed by atoms with Crippen LogP contribution in [0.5, 0.6) is 0 Å². The van der Waals surface area contributed by atoms with Crippen molar-refractivity contribution in [3.8, 4) is 33.4 Å². The van der Waals surface area contributed by atoms with Crippen molar-refractivity contribution in [1.29, 1.82) is 0 Å². The Balaban J connectivity index is 1.73. The zero-order chi connectivity index (χ0) is 20.5. The summed E-state index contributed by atoms with van der Waals surface area (Å²) >= 11 is 0. The van der Waals surface area contributed by atoms with E-state index in [2.05, 4.69) is 0 Å². The Morgan fingerprint density at radius 1 is 0.448 bits per heavy atom. The van der Waals surface area contributed by atoms with Gasteiger partial charge in [0.1, 0.15) is 5.82 Å². The Bertz CT molecular complexity index is 1170. The number of aryl methyl sites for hydroxylation is 2. The fourth-order valence-electron chi connectivity index (χ4n) is 3.38. The minimum absolute atomic E-state index is 0.0349. The van der Waals surface area contributed by atoms with Crippen LogP contribution in [0.15, 0.2) is 78.9 Å². The van der Waals surface area contributed by atoms with Crippen LogP contribution < -0.4 is 0 Å². The van der Waals surface area contributed by atoms with Crippen LogP contribution in [0.25, 0.3) is 33.4 Å². The van der Waals surface area contributed by atoms with Gasteiger partial charge in [0.25, 0.3) is 0 Å². The molecule has 0 nitrogen and oxygen atoms in total. The Hall–Kier alpha value is -3.33. The quantitative estimate of drug-likeness (QED) is 0.337. The third kappa shape index (κ3) is 3.68. The minimum Gasteiger partial charge on any atom is -0.206 e. The maximum absolute atomic E-state index is 14.8. The van der Waals surface area contributed by atoms with Gasteiger partial charge in [-0.15, -0.1) is 0 Å². The van der Waals surface area contributed by atoms with Crippen molar-refractivity contribution in [2.24, 2.45) is 0 Å². The van der Waals surface area contributed by atoms with E-state index < -0.39 is 17.5 Å². The molecule has 29 heavy (non-hydrogen) atoms. The van der Waals surface area contributed by atoms with Crippen molar-refractivity contribution < 1.29 is 13.2 Å². The molecule has 0 saturated carbocycles. The van der Waals surface area contributed by atoms with Gasteiger partial charge in [-0.2, -0.15) is 0 Å². The van der Waals surface area contributed by atoms with Crippen LogP contribution in [0.3, 0.4) is 0 Å². The smallest absolute Gasteiger partial charge is 0.167 e. The van der Waals surface area contributed by atoms with Crippen molar-refractivity contribution in [3.63, 3.8) is 0 Å². The molecule has 0 heterocycles. The zero-order valence-electron chi connectivity index (χ0n) is 16.1. The van der Waals surface area contributed by atoms with E-state index in [1.165, 1.54) is 18.2 Å². The van der Waals surface area contributed by atoms with E-state index in [1.807, 2.05) is 50.2 Å². The molecule has 0 bridgehead atoms. The Morgan fingerprint density at radius 3 is 1.31 bits per heavy atom.